The number of halogens is 2. The van der Waals surface area contributed by atoms with E-state index in [0.717, 1.165) is 11.1 Å². The van der Waals surface area contributed by atoms with Crippen molar-refractivity contribution in [2.75, 3.05) is 5.32 Å². The molecular formula is C15H13Cl2NO. The molecule has 2 rings (SSSR count). The van der Waals surface area contributed by atoms with Crippen LogP contribution in [-0.2, 0) is 11.2 Å². The average molecular weight is 294 g/mol. The van der Waals surface area contributed by atoms with Crippen molar-refractivity contribution < 1.29 is 4.79 Å². The maximum Gasteiger partial charge on any atom is 0.228 e. The summed E-state index contributed by atoms with van der Waals surface area (Å²) < 4.78 is 0. The topological polar surface area (TPSA) is 29.1 Å². The lowest BCUT2D eigenvalue weighted by Gasteiger charge is -2.09. The van der Waals surface area contributed by atoms with Crippen molar-refractivity contribution in [3.05, 3.63) is 63.6 Å². The third-order valence-electron chi connectivity index (χ3n) is 2.82. The van der Waals surface area contributed by atoms with E-state index in [1.165, 1.54) is 0 Å². The van der Waals surface area contributed by atoms with Gasteiger partial charge in [-0.05, 0) is 36.2 Å². The van der Waals surface area contributed by atoms with Gasteiger partial charge in [0.25, 0.3) is 0 Å². The van der Waals surface area contributed by atoms with E-state index in [-0.39, 0.29) is 5.91 Å². The Morgan fingerprint density at radius 3 is 2.58 bits per heavy atom. The number of anilines is 1. The Hall–Kier alpha value is -1.51. The van der Waals surface area contributed by atoms with Crippen LogP contribution in [0.3, 0.4) is 0 Å². The highest BCUT2D eigenvalue weighted by Crippen LogP contribution is 2.25. The fourth-order valence-electron chi connectivity index (χ4n) is 1.77. The van der Waals surface area contributed by atoms with Gasteiger partial charge in [-0.25, -0.2) is 0 Å². The summed E-state index contributed by atoms with van der Waals surface area (Å²) in [5.74, 6) is -0.0986. The Kier molecular flexibility index (Phi) is 4.46. The van der Waals surface area contributed by atoms with E-state index in [2.05, 4.69) is 5.32 Å². The van der Waals surface area contributed by atoms with Crippen molar-refractivity contribution in [3.63, 3.8) is 0 Å². The molecule has 4 heteroatoms. The van der Waals surface area contributed by atoms with E-state index in [4.69, 9.17) is 23.2 Å². The predicted molar refractivity (Wildman–Crippen MR) is 80.0 cm³/mol. The van der Waals surface area contributed by atoms with E-state index in [1.807, 2.05) is 31.2 Å². The zero-order valence-electron chi connectivity index (χ0n) is 10.4. The molecule has 0 aromatic heterocycles. The summed E-state index contributed by atoms with van der Waals surface area (Å²) in [4.78, 5) is 12.0. The molecule has 0 aliphatic heterocycles. The van der Waals surface area contributed by atoms with Crippen LogP contribution in [0.5, 0.6) is 0 Å². The fourth-order valence-corrected chi connectivity index (χ4v) is 2.22. The zero-order valence-corrected chi connectivity index (χ0v) is 11.9. The quantitative estimate of drug-likeness (QED) is 0.888. The van der Waals surface area contributed by atoms with Crippen LogP contribution in [0.2, 0.25) is 10.0 Å². The molecule has 0 saturated heterocycles. The Morgan fingerprint density at radius 1 is 1.16 bits per heavy atom. The molecule has 0 saturated carbocycles. The van der Waals surface area contributed by atoms with Gasteiger partial charge < -0.3 is 5.32 Å². The first-order valence-electron chi connectivity index (χ1n) is 5.85. The van der Waals surface area contributed by atoms with Crippen LogP contribution < -0.4 is 5.32 Å². The molecule has 98 valence electrons. The van der Waals surface area contributed by atoms with Gasteiger partial charge in [0, 0.05) is 5.02 Å². The second-order valence-electron chi connectivity index (χ2n) is 4.28. The fraction of sp³-hybridized carbons (Fsp3) is 0.133. The summed E-state index contributed by atoms with van der Waals surface area (Å²) in [6.07, 6.45) is 0.325. The lowest BCUT2D eigenvalue weighted by Crippen LogP contribution is -2.15. The van der Waals surface area contributed by atoms with Crippen LogP contribution >= 0.6 is 23.2 Å². The lowest BCUT2D eigenvalue weighted by atomic mass is 10.1. The predicted octanol–water partition coefficient (Wildman–Crippen LogP) is 4.48. The standard InChI is InChI=1S/C15H13Cl2NO/c1-10-4-2-3-5-11(10)8-15(19)18-14-7-6-12(16)9-13(14)17/h2-7,9H,8H2,1H3,(H,18,19). The molecule has 0 spiro atoms. The second kappa shape index (κ2) is 6.09. The molecule has 0 aliphatic rings. The summed E-state index contributed by atoms with van der Waals surface area (Å²) in [5, 5.41) is 3.76. The van der Waals surface area contributed by atoms with Crippen LogP contribution in [-0.4, -0.2) is 5.91 Å². The molecule has 1 N–H and O–H groups in total. The molecule has 2 aromatic carbocycles. The molecule has 0 bridgehead atoms. The van der Waals surface area contributed by atoms with Crippen molar-refractivity contribution in [3.8, 4) is 0 Å². The molecule has 19 heavy (non-hydrogen) atoms. The molecule has 0 atom stereocenters. The van der Waals surface area contributed by atoms with Crippen LogP contribution in [0, 0.1) is 6.92 Å². The van der Waals surface area contributed by atoms with Crippen molar-refractivity contribution >= 4 is 34.8 Å². The number of carbonyl (C=O) groups is 1. The van der Waals surface area contributed by atoms with Crippen molar-refractivity contribution in [2.45, 2.75) is 13.3 Å². The van der Waals surface area contributed by atoms with Gasteiger partial charge in [-0.15, -0.1) is 0 Å². The molecule has 0 fully saturated rings. The highest BCUT2D eigenvalue weighted by atomic mass is 35.5. The Balaban J connectivity index is 2.08. The van der Waals surface area contributed by atoms with Gasteiger partial charge in [-0.2, -0.15) is 0 Å². The first-order chi connectivity index (χ1) is 9.06. The van der Waals surface area contributed by atoms with Crippen LogP contribution in [0.4, 0.5) is 5.69 Å². The average Bonchev–Trinajstić information content (AvgIpc) is 2.36. The highest BCUT2D eigenvalue weighted by Gasteiger charge is 2.08. The number of hydrogen-bond donors (Lipinski definition) is 1. The molecule has 1 amide bonds. The number of carbonyl (C=O) groups excluding carboxylic acids is 1. The van der Waals surface area contributed by atoms with Gasteiger partial charge in [0.1, 0.15) is 0 Å². The van der Waals surface area contributed by atoms with Gasteiger partial charge in [-0.1, -0.05) is 47.5 Å². The van der Waals surface area contributed by atoms with E-state index in [1.54, 1.807) is 18.2 Å². The van der Waals surface area contributed by atoms with Gasteiger partial charge in [0.05, 0.1) is 17.1 Å². The first kappa shape index (κ1) is 13.9. The maximum atomic E-state index is 12.0. The highest BCUT2D eigenvalue weighted by molar-refractivity contribution is 6.36. The van der Waals surface area contributed by atoms with Crippen LogP contribution in [0.15, 0.2) is 42.5 Å². The second-order valence-corrected chi connectivity index (χ2v) is 5.12. The smallest absolute Gasteiger partial charge is 0.228 e. The molecule has 0 unspecified atom stereocenters. The minimum atomic E-state index is -0.0986. The molecule has 2 aromatic rings. The number of hydrogen-bond acceptors (Lipinski definition) is 1. The Morgan fingerprint density at radius 2 is 1.89 bits per heavy atom. The largest absolute Gasteiger partial charge is 0.324 e. The Labute approximate surface area is 122 Å². The number of amides is 1. The summed E-state index contributed by atoms with van der Waals surface area (Å²) >= 11 is 11.8. The van der Waals surface area contributed by atoms with Gasteiger partial charge in [0.15, 0.2) is 0 Å². The summed E-state index contributed by atoms with van der Waals surface area (Å²) in [7, 11) is 0. The number of benzene rings is 2. The van der Waals surface area contributed by atoms with Crippen molar-refractivity contribution in [1.29, 1.82) is 0 Å². The molecule has 0 aliphatic carbocycles. The molecular weight excluding hydrogens is 281 g/mol. The summed E-state index contributed by atoms with van der Waals surface area (Å²) in [5.41, 5.74) is 2.68. The third-order valence-corrected chi connectivity index (χ3v) is 3.37. The molecule has 2 nitrogen and oxygen atoms in total. The number of rotatable bonds is 3. The zero-order chi connectivity index (χ0) is 13.8. The Bertz CT molecular complexity index is 611. The van der Waals surface area contributed by atoms with Gasteiger partial charge in [-0.3, -0.25) is 4.79 Å². The van der Waals surface area contributed by atoms with Gasteiger partial charge in [0.2, 0.25) is 5.91 Å². The normalized spacial score (nSPS) is 10.3. The summed E-state index contributed by atoms with van der Waals surface area (Å²) in [6.45, 7) is 1.98. The van der Waals surface area contributed by atoms with Crippen LogP contribution in [0.25, 0.3) is 0 Å². The first-order valence-corrected chi connectivity index (χ1v) is 6.61. The maximum absolute atomic E-state index is 12.0. The van der Waals surface area contributed by atoms with Gasteiger partial charge >= 0.3 is 0 Å². The number of aryl methyl sites for hydroxylation is 1. The van der Waals surface area contributed by atoms with Crippen molar-refractivity contribution in [2.24, 2.45) is 0 Å². The van der Waals surface area contributed by atoms with E-state index < -0.39 is 0 Å². The van der Waals surface area contributed by atoms with Crippen molar-refractivity contribution in [1.82, 2.24) is 0 Å². The minimum Gasteiger partial charge on any atom is -0.324 e. The SMILES string of the molecule is Cc1ccccc1CC(=O)Nc1ccc(Cl)cc1Cl. The lowest BCUT2D eigenvalue weighted by molar-refractivity contribution is -0.115. The molecule has 0 heterocycles. The minimum absolute atomic E-state index is 0.0986. The summed E-state index contributed by atoms with van der Waals surface area (Å²) in [6, 6.07) is 12.8. The van der Waals surface area contributed by atoms with E-state index in [9.17, 15) is 4.79 Å². The van der Waals surface area contributed by atoms with E-state index in [0.29, 0.717) is 22.2 Å². The van der Waals surface area contributed by atoms with E-state index >= 15 is 0 Å². The van der Waals surface area contributed by atoms with Crippen LogP contribution in [0.1, 0.15) is 11.1 Å². The third kappa shape index (κ3) is 3.72. The monoisotopic (exact) mass is 293 g/mol. The molecule has 0 radical (unpaired) electrons. The number of nitrogens with one attached hydrogen (secondary N) is 1.